The average Bonchev–Trinajstić information content (AvgIpc) is 2.57. The first kappa shape index (κ1) is 8.45. The Kier molecular flexibility index (Phi) is 2.41. The lowest BCUT2D eigenvalue weighted by atomic mass is 10.3. The summed E-state index contributed by atoms with van der Waals surface area (Å²) in [6.07, 6.45) is 5.94. The van der Waals surface area contributed by atoms with E-state index >= 15 is 0 Å². The van der Waals surface area contributed by atoms with E-state index in [1.807, 2.05) is 43.4 Å². The number of allylic oxidation sites excluding steroid dienone is 3. The molecule has 0 unspecified atom stereocenters. The van der Waals surface area contributed by atoms with E-state index in [0.717, 1.165) is 10.8 Å². The van der Waals surface area contributed by atoms with Crippen LogP contribution in [0.3, 0.4) is 0 Å². The van der Waals surface area contributed by atoms with Crippen molar-refractivity contribution in [2.24, 2.45) is 0 Å². The second-order valence-corrected chi connectivity index (χ2v) is 3.71. The molecule has 0 N–H and O–H groups in total. The Bertz CT molecular complexity index is 339. The van der Waals surface area contributed by atoms with Crippen LogP contribution >= 0.6 is 11.8 Å². The Morgan fingerprint density at radius 1 is 1.31 bits per heavy atom. The first-order valence-electron chi connectivity index (χ1n) is 4.18. The Hall–Kier alpha value is -1.15. The average molecular weight is 190 g/mol. The van der Waals surface area contributed by atoms with Crippen molar-refractivity contribution in [3.63, 3.8) is 0 Å². The topological polar surface area (TPSA) is 9.23 Å². The summed E-state index contributed by atoms with van der Waals surface area (Å²) in [6.45, 7) is 1.99. The number of rotatable bonds is 1. The van der Waals surface area contributed by atoms with Crippen molar-refractivity contribution < 1.29 is 4.74 Å². The Morgan fingerprint density at radius 3 is 2.92 bits per heavy atom. The van der Waals surface area contributed by atoms with Gasteiger partial charge in [0.1, 0.15) is 5.75 Å². The molecule has 0 atom stereocenters. The van der Waals surface area contributed by atoms with Gasteiger partial charge in [0.25, 0.3) is 0 Å². The van der Waals surface area contributed by atoms with Crippen molar-refractivity contribution in [3.8, 4) is 5.75 Å². The number of ether oxygens (including phenoxy) is 1. The smallest absolute Gasteiger partial charge is 0.165 e. The molecule has 1 heterocycles. The number of hydrogen-bond donors (Lipinski definition) is 0. The molecule has 1 aliphatic rings. The highest BCUT2D eigenvalue weighted by atomic mass is 32.2. The molecule has 1 aromatic rings. The van der Waals surface area contributed by atoms with Crippen molar-refractivity contribution in [2.45, 2.75) is 11.8 Å². The zero-order valence-corrected chi connectivity index (χ0v) is 8.17. The van der Waals surface area contributed by atoms with Crippen LogP contribution in [0.1, 0.15) is 6.92 Å². The summed E-state index contributed by atoms with van der Waals surface area (Å²) < 4.78 is 5.58. The number of hydrogen-bond acceptors (Lipinski definition) is 2. The third-order valence-corrected chi connectivity index (χ3v) is 2.67. The number of thioether (sulfide) groups is 1. The van der Waals surface area contributed by atoms with Gasteiger partial charge in [-0.3, -0.25) is 0 Å². The molecule has 0 amide bonds. The quantitative estimate of drug-likeness (QED) is 0.669. The van der Waals surface area contributed by atoms with Gasteiger partial charge in [-0.1, -0.05) is 24.3 Å². The first-order valence-corrected chi connectivity index (χ1v) is 4.99. The van der Waals surface area contributed by atoms with Crippen LogP contribution in [0.5, 0.6) is 5.75 Å². The minimum Gasteiger partial charge on any atom is -0.449 e. The predicted molar refractivity (Wildman–Crippen MR) is 55.8 cm³/mol. The number of para-hydroxylation sites is 1. The van der Waals surface area contributed by atoms with Gasteiger partial charge in [0.2, 0.25) is 0 Å². The summed E-state index contributed by atoms with van der Waals surface area (Å²) in [6, 6.07) is 8.06. The van der Waals surface area contributed by atoms with Crippen molar-refractivity contribution in [1.82, 2.24) is 0 Å². The van der Waals surface area contributed by atoms with Gasteiger partial charge < -0.3 is 4.74 Å². The van der Waals surface area contributed by atoms with Gasteiger partial charge in [-0.15, -0.1) is 0 Å². The minimum absolute atomic E-state index is 0.944. The molecule has 2 rings (SSSR count). The minimum atomic E-state index is 0.944. The van der Waals surface area contributed by atoms with Gasteiger partial charge >= 0.3 is 0 Å². The molecule has 0 fully saturated rings. The van der Waals surface area contributed by atoms with Gasteiger partial charge in [-0.25, -0.2) is 0 Å². The maximum absolute atomic E-state index is 5.58. The van der Waals surface area contributed by atoms with Gasteiger partial charge in [-0.2, -0.15) is 0 Å². The summed E-state index contributed by atoms with van der Waals surface area (Å²) in [7, 11) is 0. The number of fused-ring (bicyclic) bond motifs is 1. The summed E-state index contributed by atoms with van der Waals surface area (Å²) in [5, 5.41) is 0.944. The van der Waals surface area contributed by atoms with Crippen LogP contribution in [0.25, 0.3) is 0 Å². The van der Waals surface area contributed by atoms with Crippen LogP contribution in [0.15, 0.2) is 52.5 Å². The standard InChI is InChI=1S/C11H10OS/c1-2-3-8-11-12-9-6-4-5-7-10(9)13-11/h2-8H,1H3/b3-2-,11-8-. The monoisotopic (exact) mass is 190 g/mol. The highest BCUT2D eigenvalue weighted by molar-refractivity contribution is 8.03. The SMILES string of the molecule is C/C=C\C=C1\Oc2ccccc2S1. The van der Waals surface area contributed by atoms with Crippen LogP contribution in [0, 0.1) is 0 Å². The van der Waals surface area contributed by atoms with Crippen molar-refractivity contribution in [3.05, 3.63) is 47.6 Å². The molecule has 66 valence electrons. The third-order valence-electron chi connectivity index (χ3n) is 1.70. The van der Waals surface area contributed by atoms with Crippen LogP contribution < -0.4 is 4.74 Å². The summed E-state index contributed by atoms with van der Waals surface area (Å²) in [5.41, 5.74) is 0. The highest BCUT2D eigenvalue weighted by Crippen LogP contribution is 2.42. The molecular weight excluding hydrogens is 180 g/mol. The second kappa shape index (κ2) is 3.71. The molecule has 0 aliphatic carbocycles. The predicted octanol–water partition coefficient (Wildman–Crippen LogP) is 3.59. The van der Waals surface area contributed by atoms with Crippen LogP contribution in [-0.2, 0) is 0 Å². The molecule has 0 bridgehead atoms. The van der Waals surface area contributed by atoms with Gasteiger partial charge in [-0.05, 0) is 36.9 Å². The van der Waals surface area contributed by atoms with E-state index in [9.17, 15) is 0 Å². The molecule has 1 nitrogen and oxygen atoms in total. The zero-order chi connectivity index (χ0) is 9.10. The van der Waals surface area contributed by atoms with E-state index in [2.05, 4.69) is 6.07 Å². The van der Waals surface area contributed by atoms with E-state index in [0.29, 0.717) is 0 Å². The molecular formula is C11H10OS. The molecule has 0 spiro atoms. The molecule has 0 saturated carbocycles. The molecule has 2 heteroatoms. The summed E-state index contributed by atoms with van der Waals surface area (Å²) >= 11 is 1.66. The fourth-order valence-electron chi connectivity index (χ4n) is 1.10. The Labute approximate surface area is 82.1 Å². The van der Waals surface area contributed by atoms with Gasteiger partial charge in [0.15, 0.2) is 5.09 Å². The maximum atomic E-state index is 5.58. The van der Waals surface area contributed by atoms with Crippen molar-refractivity contribution in [2.75, 3.05) is 0 Å². The van der Waals surface area contributed by atoms with E-state index in [-0.39, 0.29) is 0 Å². The molecule has 1 aliphatic heterocycles. The fraction of sp³-hybridized carbons (Fsp3) is 0.0909. The highest BCUT2D eigenvalue weighted by Gasteiger charge is 2.15. The van der Waals surface area contributed by atoms with E-state index < -0.39 is 0 Å². The zero-order valence-electron chi connectivity index (χ0n) is 7.36. The van der Waals surface area contributed by atoms with Gasteiger partial charge in [0, 0.05) is 0 Å². The van der Waals surface area contributed by atoms with E-state index in [1.54, 1.807) is 11.8 Å². The number of benzene rings is 1. The fourth-order valence-corrected chi connectivity index (χ4v) is 1.95. The molecule has 0 saturated heterocycles. The molecule has 13 heavy (non-hydrogen) atoms. The lowest BCUT2D eigenvalue weighted by Gasteiger charge is -1.94. The van der Waals surface area contributed by atoms with Crippen LogP contribution in [0.4, 0.5) is 0 Å². The largest absolute Gasteiger partial charge is 0.449 e. The van der Waals surface area contributed by atoms with E-state index in [4.69, 9.17) is 4.74 Å². The molecule has 0 radical (unpaired) electrons. The Morgan fingerprint density at radius 2 is 2.15 bits per heavy atom. The molecule has 1 aromatic carbocycles. The van der Waals surface area contributed by atoms with Crippen molar-refractivity contribution >= 4 is 11.8 Å². The summed E-state index contributed by atoms with van der Waals surface area (Å²) in [4.78, 5) is 1.19. The first-order chi connectivity index (χ1) is 6.40. The molecule has 0 aromatic heterocycles. The maximum Gasteiger partial charge on any atom is 0.165 e. The second-order valence-electron chi connectivity index (χ2n) is 2.66. The van der Waals surface area contributed by atoms with E-state index in [1.165, 1.54) is 4.90 Å². The normalized spacial score (nSPS) is 17.8. The van der Waals surface area contributed by atoms with Crippen molar-refractivity contribution in [1.29, 1.82) is 0 Å². The lowest BCUT2D eigenvalue weighted by molar-refractivity contribution is 0.468. The Balaban J connectivity index is 2.23. The lowest BCUT2D eigenvalue weighted by Crippen LogP contribution is -1.81. The third kappa shape index (κ3) is 1.78. The summed E-state index contributed by atoms with van der Waals surface area (Å²) in [5.74, 6) is 0.961. The van der Waals surface area contributed by atoms with Crippen LogP contribution in [-0.4, -0.2) is 0 Å². The van der Waals surface area contributed by atoms with Crippen LogP contribution in [0.2, 0.25) is 0 Å². The van der Waals surface area contributed by atoms with Gasteiger partial charge in [0.05, 0.1) is 4.90 Å².